The molecule has 0 radical (unpaired) electrons. The minimum absolute atomic E-state index is 0.0737. The van der Waals surface area contributed by atoms with Gasteiger partial charge in [-0.2, -0.15) is 5.10 Å². The summed E-state index contributed by atoms with van der Waals surface area (Å²) in [4.78, 5) is 12.4. The highest BCUT2D eigenvalue weighted by atomic mass is 16.5. The molecule has 1 aliphatic heterocycles. The predicted octanol–water partition coefficient (Wildman–Crippen LogP) is 1.57. The molecular weight excluding hydrogens is 332 g/mol. The third-order valence-corrected chi connectivity index (χ3v) is 4.39. The van der Waals surface area contributed by atoms with Crippen LogP contribution in [0.4, 0.5) is 0 Å². The summed E-state index contributed by atoms with van der Waals surface area (Å²) in [5, 5.41) is 15.2. The number of benzene rings is 1. The number of nitrogens with zero attached hydrogens (tertiary/aromatic N) is 5. The number of hydrogen-bond acceptors (Lipinski definition) is 5. The summed E-state index contributed by atoms with van der Waals surface area (Å²) in [6.45, 7) is 2.19. The fraction of sp³-hybridized carbons (Fsp3) is 0.333. The van der Waals surface area contributed by atoms with Crippen LogP contribution in [0.2, 0.25) is 0 Å². The zero-order valence-corrected chi connectivity index (χ0v) is 14.3. The van der Waals surface area contributed by atoms with E-state index >= 15 is 0 Å². The standard InChI is InChI=1S/C18H20N6O2/c25-18(19-8-4-10-23-11-5-9-20-23)17-15-13-26-16(12-24(15)22-21-17)14-6-2-1-3-7-14/h1-3,5-7,9,11,16H,4,8,10,12-13H2,(H,19,25). The van der Waals surface area contributed by atoms with Gasteiger partial charge in [0.25, 0.3) is 5.91 Å². The van der Waals surface area contributed by atoms with E-state index in [0.717, 1.165) is 24.2 Å². The lowest BCUT2D eigenvalue weighted by molar-refractivity contribution is -0.00176. The highest BCUT2D eigenvalue weighted by Crippen LogP contribution is 2.26. The number of amides is 1. The Morgan fingerprint density at radius 3 is 2.96 bits per heavy atom. The Hall–Kier alpha value is -3.00. The van der Waals surface area contributed by atoms with Crippen LogP contribution in [0.15, 0.2) is 48.8 Å². The number of carbonyl (C=O) groups excluding carboxylic acids is 1. The molecule has 1 aliphatic rings. The Morgan fingerprint density at radius 2 is 2.15 bits per heavy atom. The van der Waals surface area contributed by atoms with Gasteiger partial charge in [0.05, 0.1) is 18.8 Å². The molecule has 1 aromatic carbocycles. The van der Waals surface area contributed by atoms with E-state index in [9.17, 15) is 4.79 Å². The van der Waals surface area contributed by atoms with E-state index in [-0.39, 0.29) is 12.0 Å². The average Bonchev–Trinajstić information content (AvgIpc) is 3.35. The van der Waals surface area contributed by atoms with Crippen LogP contribution < -0.4 is 5.32 Å². The van der Waals surface area contributed by atoms with E-state index in [2.05, 4.69) is 20.7 Å². The van der Waals surface area contributed by atoms with Gasteiger partial charge in [-0.1, -0.05) is 35.5 Å². The van der Waals surface area contributed by atoms with Crippen LogP contribution in [0.1, 0.15) is 34.3 Å². The second-order valence-electron chi connectivity index (χ2n) is 6.16. The SMILES string of the molecule is O=C(NCCCn1cccn1)c1nnn2c1COC(c1ccccc1)C2. The van der Waals surface area contributed by atoms with Crippen molar-refractivity contribution in [3.63, 3.8) is 0 Å². The van der Waals surface area contributed by atoms with Crippen molar-refractivity contribution in [2.24, 2.45) is 0 Å². The number of carbonyl (C=O) groups is 1. The van der Waals surface area contributed by atoms with Gasteiger partial charge in [-0.15, -0.1) is 5.10 Å². The maximum atomic E-state index is 12.4. The fourth-order valence-electron chi connectivity index (χ4n) is 3.02. The topological polar surface area (TPSA) is 86.9 Å². The maximum Gasteiger partial charge on any atom is 0.273 e. The summed E-state index contributed by atoms with van der Waals surface area (Å²) in [6, 6.07) is 11.9. The van der Waals surface area contributed by atoms with Crippen LogP contribution in [0.25, 0.3) is 0 Å². The number of aromatic nitrogens is 5. The summed E-state index contributed by atoms with van der Waals surface area (Å²) in [5.41, 5.74) is 2.16. The fourth-order valence-corrected chi connectivity index (χ4v) is 3.02. The molecule has 0 saturated heterocycles. The minimum Gasteiger partial charge on any atom is -0.365 e. The maximum absolute atomic E-state index is 12.4. The lowest BCUT2D eigenvalue weighted by Gasteiger charge is -2.24. The van der Waals surface area contributed by atoms with Crippen molar-refractivity contribution in [3.8, 4) is 0 Å². The molecule has 8 nitrogen and oxygen atoms in total. The summed E-state index contributed by atoms with van der Waals surface area (Å²) in [6.07, 6.45) is 4.36. The zero-order chi connectivity index (χ0) is 17.8. The van der Waals surface area contributed by atoms with Gasteiger partial charge in [0.15, 0.2) is 5.69 Å². The Morgan fingerprint density at radius 1 is 1.27 bits per heavy atom. The number of fused-ring (bicyclic) bond motifs is 1. The minimum atomic E-state index is -0.214. The molecule has 1 atom stereocenters. The molecule has 4 rings (SSSR count). The van der Waals surface area contributed by atoms with Crippen LogP contribution in [-0.4, -0.2) is 37.2 Å². The van der Waals surface area contributed by atoms with Crippen LogP contribution in [0.5, 0.6) is 0 Å². The van der Waals surface area contributed by atoms with E-state index in [4.69, 9.17) is 4.74 Å². The predicted molar refractivity (Wildman–Crippen MR) is 93.2 cm³/mol. The molecular formula is C18H20N6O2. The van der Waals surface area contributed by atoms with Gasteiger partial charge < -0.3 is 10.1 Å². The van der Waals surface area contributed by atoms with Gasteiger partial charge in [0.1, 0.15) is 6.10 Å². The lowest BCUT2D eigenvalue weighted by atomic mass is 10.1. The van der Waals surface area contributed by atoms with Crippen LogP contribution in [0.3, 0.4) is 0 Å². The molecule has 1 amide bonds. The first kappa shape index (κ1) is 16.5. The second kappa shape index (κ2) is 7.49. The number of hydrogen-bond donors (Lipinski definition) is 1. The van der Waals surface area contributed by atoms with Gasteiger partial charge >= 0.3 is 0 Å². The van der Waals surface area contributed by atoms with Crippen molar-refractivity contribution in [1.29, 1.82) is 0 Å². The van der Waals surface area contributed by atoms with Crippen molar-refractivity contribution in [3.05, 3.63) is 65.7 Å². The third-order valence-electron chi connectivity index (χ3n) is 4.39. The number of aryl methyl sites for hydroxylation is 1. The highest BCUT2D eigenvalue weighted by molar-refractivity contribution is 5.93. The quantitative estimate of drug-likeness (QED) is 0.681. The second-order valence-corrected chi connectivity index (χ2v) is 6.16. The molecule has 134 valence electrons. The molecule has 3 aromatic rings. The van der Waals surface area contributed by atoms with Crippen molar-refractivity contribution >= 4 is 5.91 Å². The zero-order valence-electron chi connectivity index (χ0n) is 14.3. The molecule has 0 spiro atoms. The van der Waals surface area contributed by atoms with Gasteiger partial charge in [0, 0.05) is 25.5 Å². The lowest BCUT2D eigenvalue weighted by Crippen LogP contribution is -2.28. The Kier molecular flexibility index (Phi) is 4.74. The van der Waals surface area contributed by atoms with E-state index in [1.807, 2.05) is 47.3 Å². The molecule has 0 fully saturated rings. The van der Waals surface area contributed by atoms with E-state index < -0.39 is 0 Å². The first-order valence-electron chi connectivity index (χ1n) is 8.66. The van der Waals surface area contributed by atoms with E-state index in [1.165, 1.54) is 0 Å². The van der Waals surface area contributed by atoms with Gasteiger partial charge in [-0.05, 0) is 18.1 Å². The monoisotopic (exact) mass is 352 g/mol. The third kappa shape index (κ3) is 3.50. The Bertz CT molecular complexity index is 859. The van der Waals surface area contributed by atoms with Crippen LogP contribution >= 0.6 is 0 Å². The molecule has 0 aliphatic carbocycles. The van der Waals surface area contributed by atoms with Crippen molar-refractivity contribution in [1.82, 2.24) is 30.1 Å². The molecule has 2 aromatic heterocycles. The first-order chi connectivity index (χ1) is 12.8. The average molecular weight is 352 g/mol. The molecule has 26 heavy (non-hydrogen) atoms. The van der Waals surface area contributed by atoms with Crippen LogP contribution in [0, 0.1) is 0 Å². The highest BCUT2D eigenvalue weighted by Gasteiger charge is 2.27. The normalized spacial score (nSPS) is 16.2. The summed E-state index contributed by atoms with van der Waals surface area (Å²) >= 11 is 0. The molecule has 0 bridgehead atoms. The van der Waals surface area contributed by atoms with E-state index in [0.29, 0.717) is 25.4 Å². The smallest absolute Gasteiger partial charge is 0.273 e. The van der Waals surface area contributed by atoms with Gasteiger partial charge in [0.2, 0.25) is 0 Å². The summed E-state index contributed by atoms with van der Waals surface area (Å²) in [7, 11) is 0. The largest absolute Gasteiger partial charge is 0.365 e. The van der Waals surface area contributed by atoms with Crippen molar-refractivity contribution in [2.45, 2.75) is 32.2 Å². The molecule has 8 heteroatoms. The van der Waals surface area contributed by atoms with Crippen molar-refractivity contribution in [2.75, 3.05) is 6.54 Å². The molecule has 1 N–H and O–H groups in total. The number of rotatable bonds is 6. The Labute approximate surface area is 150 Å². The van der Waals surface area contributed by atoms with E-state index in [1.54, 1.807) is 10.9 Å². The van der Waals surface area contributed by atoms with Gasteiger partial charge in [-0.3, -0.25) is 9.48 Å². The number of nitrogens with one attached hydrogen (secondary N) is 1. The van der Waals surface area contributed by atoms with Crippen molar-refractivity contribution < 1.29 is 9.53 Å². The molecule has 1 unspecified atom stereocenters. The first-order valence-corrected chi connectivity index (χ1v) is 8.66. The summed E-state index contributed by atoms with van der Waals surface area (Å²) in [5.74, 6) is -0.214. The number of ether oxygens (including phenoxy) is 1. The molecule has 0 saturated carbocycles. The Balaban J connectivity index is 1.34. The molecule has 3 heterocycles. The van der Waals surface area contributed by atoms with Crippen LogP contribution in [-0.2, 0) is 24.4 Å². The van der Waals surface area contributed by atoms with Gasteiger partial charge in [-0.25, -0.2) is 4.68 Å². The summed E-state index contributed by atoms with van der Waals surface area (Å²) < 4.78 is 9.52.